The van der Waals surface area contributed by atoms with Crippen LogP contribution >= 0.6 is 0 Å². The summed E-state index contributed by atoms with van der Waals surface area (Å²) in [4.78, 5) is 2.37. The maximum absolute atomic E-state index is 5.23. The van der Waals surface area contributed by atoms with Gasteiger partial charge in [-0.25, -0.2) is 0 Å². The van der Waals surface area contributed by atoms with Crippen LogP contribution in [0.3, 0.4) is 0 Å². The molecule has 0 fully saturated rings. The summed E-state index contributed by atoms with van der Waals surface area (Å²) < 4.78 is 10.4. The molecular weight excluding hydrogens is 286 g/mol. The first-order valence-electron chi connectivity index (χ1n) is 7.87. The Hall–Kier alpha value is -2.10. The Kier molecular flexibility index (Phi) is 7.37. The number of hydrogen-bond donors (Lipinski definition) is 0. The van der Waals surface area contributed by atoms with Crippen molar-refractivity contribution >= 4 is 6.08 Å². The lowest BCUT2D eigenvalue weighted by atomic mass is 10.2. The van der Waals surface area contributed by atoms with Crippen molar-refractivity contribution in [2.24, 2.45) is 0 Å². The lowest BCUT2D eigenvalue weighted by molar-refractivity contribution is 0.151. The Morgan fingerprint density at radius 1 is 0.957 bits per heavy atom. The Bertz CT molecular complexity index is 578. The second kappa shape index (κ2) is 9.82. The predicted molar refractivity (Wildman–Crippen MR) is 95.6 cm³/mol. The zero-order chi connectivity index (χ0) is 16.3. The monoisotopic (exact) mass is 311 g/mol. The zero-order valence-electron chi connectivity index (χ0n) is 13.9. The van der Waals surface area contributed by atoms with Gasteiger partial charge in [-0.05, 0) is 23.3 Å². The van der Waals surface area contributed by atoms with E-state index in [4.69, 9.17) is 9.47 Å². The van der Waals surface area contributed by atoms with Gasteiger partial charge in [-0.2, -0.15) is 0 Å². The Morgan fingerprint density at radius 3 is 2.35 bits per heavy atom. The molecule has 0 saturated carbocycles. The third-order valence-corrected chi connectivity index (χ3v) is 3.65. The highest BCUT2D eigenvalue weighted by Gasteiger charge is 2.04. The fourth-order valence-corrected chi connectivity index (χ4v) is 2.35. The van der Waals surface area contributed by atoms with E-state index in [0.29, 0.717) is 0 Å². The van der Waals surface area contributed by atoms with Gasteiger partial charge in [0.2, 0.25) is 0 Å². The van der Waals surface area contributed by atoms with Crippen LogP contribution in [0.5, 0.6) is 5.75 Å². The standard InChI is InChI=1S/C20H25NO2/c1-22-16-15-21(14-6-9-18-7-4-3-5-8-18)17-19-10-12-20(23-2)13-11-19/h3-13H,14-17H2,1-2H3. The molecule has 0 radical (unpaired) electrons. The lowest BCUT2D eigenvalue weighted by Gasteiger charge is -2.20. The van der Waals surface area contributed by atoms with Gasteiger partial charge in [0.25, 0.3) is 0 Å². The molecule has 3 heteroatoms. The van der Waals surface area contributed by atoms with Crippen LogP contribution in [0.2, 0.25) is 0 Å². The van der Waals surface area contributed by atoms with Gasteiger partial charge in [-0.15, -0.1) is 0 Å². The molecule has 0 spiro atoms. The van der Waals surface area contributed by atoms with E-state index in [2.05, 4.69) is 53.5 Å². The van der Waals surface area contributed by atoms with E-state index < -0.39 is 0 Å². The summed E-state index contributed by atoms with van der Waals surface area (Å²) in [7, 11) is 3.43. The third kappa shape index (κ3) is 6.27. The third-order valence-electron chi connectivity index (χ3n) is 3.65. The summed E-state index contributed by atoms with van der Waals surface area (Å²) in [5, 5.41) is 0. The van der Waals surface area contributed by atoms with Crippen LogP contribution < -0.4 is 4.74 Å². The van der Waals surface area contributed by atoms with Crippen molar-refractivity contribution in [1.82, 2.24) is 4.90 Å². The average molecular weight is 311 g/mol. The molecule has 0 aromatic heterocycles. The molecule has 122 valence electrons. The van der Waals surface area contributed by atoms with Gasteiger partial charge in [0.1, 0.15) is 5.75 Å². The van der Waals surface area contributed by atoms with Gasteiger partial charge in [0.05, 0.1) is 13.7 Å². The summed E-state index contributed by atoms with van der Waals surface area (Å²) >= 11 is 0. The highest BCUT2D eigenvalue weighted by Crippen LogP contribution is 2.13. The van der Waals surface area contributed by atoms with Gasteiger partial charge in [-0.3, -0.25) is 4.90 Å². The molecule has 23 heavy (non-hydrogen) atoms. The molecule has 0 unspecified atom stereocenters. The van der Waals surface area contributed by atoms with Crippen LogP contribution in [0.25, 0.3) is 6.08 Å². The molecule has 0 aliphatic carbocycles. The molecule has 0 bridgehead atoms. The molecule has 2 aromatic rings. The molecule has 0 heterocycles. The van der Waals surface area contributed by atoms with Crippen LogP contribution in [-0.4, -0.2) is 38.8 Å². The molecule has 0 amide bonds. The van der Waals surface area contributed by atoms with Crippen molar-refractivity contribution in [2.45, 2.75) is 6.54 Å². The molecule has 0 atom stereocenters. The summed E-state index contributed by atoms with van der Waals surface area (Å²) in [5.74, 6) is 0.890. The molecular formula is C20H25NO2. The van der Waals surface area contributed by atoms with E-state index in [0.717, 1.165) is 32.0 Å². The number of nitrogens with zero attached hydrogens (tertiary/aromatic N) is 1. The van der Waals surface area contributed by atoms with E-state index in [-0.39, 0.29) is 0 Å². The highest BCUT2D eigenvalue weighted by molar-refractivity contribution is 5.48. The highest BCUT2D eigenvalue weighted by atomic mass is 16.5. The largest absolute Gasteiger partial charge is 0.497 e. The van der Waals surface area contributed by atoms with E-state index in [1.807, 2.05) is 18.2 Å². The normalized spacial score (nSPS) is 11.3. The molecule has 0 aliphatic rings. The molecule has 2 aromatic carbocycles. The van der Waals surface area contributed by atoms with Gasteiger partial charge >= 0.3 is 0 Å². The number of rotatable bonds is 9. The van der Waals surface area contributed by atoms with Crippen LogP contribution in [0.1, 0.15) is 11.1 Å². The van der Waals surface area contributed by atoms with Gasteiger partial charge in [0, 0.05) is 26.7 Å². The predicted octanol–water partition coefficient (Wildman–Crippen LogP) is 3.86. The maximum atomic E-state index is 5.23. The van der Waals surface area contributed by atoms with E-state index in [1.165, 1.54) is 11.1 Å². The average Bonchev–Trinajstić information content (AvgIpc) is 2.61. The van der Waals surface area contributed by atoms with Gasteiger partial charge in [-0.1, -0.05) is 54.6 Å². The van der Waals surface area contributed by atoms with Crippen LogP contribution in [0.15, 0.2) is 60.7 Å². The van der Waals surface area contributed by atoms with Crippen LogP contribution in [-0.2, 0) is 11.3 Å². The fourth-order valence-electron chi connectivity index (χ4n) is 2.35. The summed E-state index contributed by atoms with van der Waals surface area (Å²) in [6, 6.07) is 18.6. The lowest BCUT2D eigenvalue weighted by Crippen LogP contribution is -2.27. The molecule has 0 aliphatic heterocycles. The minimum absolute atomic E-state index is 0.731. The first-order chi connectivity index (χ1) is 11.3. The Balaban J connectivity index is 1.94. The number of methoxy groups -OCH3 is 2. The summed E-state index contributed by atoms with van der Waals surface area (Å²) in [6.45, 7) is 3.42. The molecule has 0 saturated heterocycles. The van der Waals surface area contributed by atoms with Crippen molar-refractivity contribution in [2.75, 3.05) is 33.9 Å². The first-order valence-corrected chi connectivity index (χ1v) is 7.87. The minimum Gasteiger partial charge on any atom is -0.497 e. The summed E-state index contributed by atoms with van der Waals surface area (Å²) in [6.07, 6.45) is 4.36. The number of hydrogen-bond acceptors (Lipinski definition) is 3. The minimum atomic E-state index is 0.731. The molecule has 0 N–H and O–H groups in total. The molecule has 2 rings (SSSR count). The van der Waals surface area contributed by atoms with Crippen molar-refractivity contribution in [3.63, 3.8) is 0 Å². The SMILES string of the molecule is COCCN(CC=Cc1ccccc1)Cc1ccc(OC)cc1. The van der Waals surface area contributed by atoms with Crippen molar-refractivity contribution in [3.8, 4) is 5.75 Å². The van der Waals surface area contributed by atoms with E-state index in [9.17, 15) is 0 Å². The van der Waals surface area contributed by atoms with E-state index in [1.54, 1.807) is 14.2 Å². The smallest absolute Gasteiger partial charge is 0.118 e. The second-order valence-corrected chi connectivity index (χ2v) is 5.39. The Labute approximate surface area is 139 Å². The van der Waals surface area contributed by atoms with Crippen LogP contribution in [0, 0.1) is 0 Å². The molecule has 3 nitrogen and oxygen atoms in total. The number of ether oxygens (including phenoxy) is 2. The van der Waals surface area contributed by atoms with Gasteiger partial charge in [0.15, 0.2) is 0 Å². The van der Waals surface area contributed by atoms with Crippen molar-refractivity contribution in [3.05, 3.63) is 71.8 Å². The first kappa shape index (κ1) is 17.3. The topological polar surface area (TPSA) is 21.7 Å². The number of benzene rings is 2. The zero-order valence-corrected chi connectivity index (χ0v) is 13.9. The van der Waals surface area contributed by atoms with Crippen LogP contribution in [0.4, 0.5) is 0 Å². The second-order valence-electron chi connectivity index (χ2n) is 5.39. The van der Waals surface area contributed by atoms with Gasteiger partial charge < -0.3 is 9.47 Å². The fraction of sp³-hybridized carbons (Fsp3) is 0.300. The maximum Gasteiger partial charge on any atom is 0.118 e. The van der Waals surface area contributed by atoms with Crippen molar-refractivity contribution in [1.29, 1.82) is 0 Å². The summed E-state index contributed by atoms with van der Waals surface area (Å²) in [5.41, 5.74) is 2.50. The van der Waals surface area contributed by atoms with Crippen molar-refractivity contribution < 1.29 is 9.47 Å². The Morgan fingerprint density at radius 2 is 1.70 bits per heavy atom. The quantitative estimate of drug-likeness (QED) is 0.702. The van der Waals surface area contributed by atoms with E-state index >= 15 is 0 Å².